The van der Waals surface area contributed by atoms with Gasteiger partial charge in [0.25, 0.3) is 0 Å². The molecule has 0 aliphatic rings. The molecule has 0 aliphatic carbocycles. The summed E-state index contributed by atoms with van der Waals surface area (Å²) in [6.45, 7) is 7.88. The molecule has 0 saturated heterocycles. The molecular formula is C18H23NO2S. The monoisotopic (exact) mass is 317 g/mol. The van der Waals surface area contributed by atoms with Crippen LogP contribution in [0.4, 0.5) is 0 Å². The van der Waals surface area contributed by atoms with Gasteiger partial charge in [0.1, 0.15) is 16.2 Å². The van der Waals surface area contributed by atoms with E-state index in [0.29, 0.717) is 0 Å². The number of nitrogens with one attached hydrogen (secondary N) is 1. The van der Waals surface area contributed by atoms with Crippen molar-refractivity contribution in [2.24, 2.45) is 0 Å². The van der Waals surface area contributed by atoms with Crippen LogP contribution in [0.3, 0.4) is 0 Å². The Hall–Kier alpha value is -1.49. The molecule has 2 aromatic rings. The average molecular weight is 317 g/mol. The Balaban J connectivity index is 1.99. The van der Waals surface area contributed by atoms with Crippen LogP contribution in [0.1, 0.15) is 39.3 Å². The quantitative estimate of drug-likeness (QED) is 0.820. The van der Waals surface area contributed by atoms with E-state index in [1.54, 1.807) is 0 Å². The molecule has 0 fully saturated rings. The third kappa shape index (κ3) is 4.77. The minimum atomic E-state index is -1.09. The van der Waals surface area contributed by atoms with Crippen molar-refractivity contribution in [3.05, 3.63) is 60.2 Å². The highest BCUT2D eigenvalue weighted by atomic mass is 32.2. The number of para-hydroxylation sites is 1. The van der Waals surface area contributed by atoms with Crippen LogP contribution >= 0.6 is 0 Å². The number of rotatable bonds is 5. The van der Waals surface area contributed by atoms with E-state index in [4.69, 9.17) is 4.74 Å². The average Bonchev–Trinajstić information content (AvgIpc) is 2.48. The predicted octanol–water partition coefficient (Wildman–Crippen LogP) is 4.59. The molecule has 0 spiro atoms. The summed E-state index contributed by atoms with van der Waals surface area (Å²) in [6.07, 6.45) is 0. The van der Waals surface area contributed by atoms with E-state index >= 15 is 0 Å². The fraction of sp³-hybridized carbons (Fsp3) is 0.333. The van der Waals surface area contributed by atoms with E-state index < -0.39 is 11.4 Å². The lowest BCUT2D eigenvalue weighted by Gasteiger charge is -2.26. The van der Waals surface area contributed by atoms with E-state index in [0.717, 1.165) is 17.1 Å². The van der Waals surface area contributed by atoms with Gasteiger partial charge in [-0.05, 0) is 57.5 Å². The summed E-state index contributed by atoms with van der Waals surface area (Å²) in [5, 5.41) is 0. The van der Waals surface area contributed by atoms with Crippen LogP contribution in [0.5, 0.6) is 11.5 Å². The van der Waals surface area contributed by atoms with Crippen molar-refractivity contribution in [1.29, 1.82) is 0 Å². The van der Waals surface area contributed by atoms with Gasteiger partial charge in [0.15, 0.2) is 0 Å². The lowest BCUT2D eigenvalue weighted by molar-refractivity contribution is 0.482. The Labute approximate surface area is 136 Å². The Morgan fingerprint density at radius 3 is 2.05 bits per heavy atom. The molecule has 2 aromatic carbocycles. The fourth-order valence-electron chi connectivity index (χ4n) is 1.85. The second-order valence-electron chi connectivity index (χ2n) is 6.20. The van der Waals surface area contributed by atoms with Crippen molar-refractivity contribution < 1.29 is 9.29 Å². The van der Waals surface area contributed by atoms with Crippen molar-refractivity contribution >= 4 is 11.4 Å². The van der Waals surface area contributed by atoms with Crippen molar-refractivity contribution in [3.63, 3.8) is 0 Å². The van der Waals surface area contributed by atoms with Gasteiger partial charge in [-0.2, -0.15) is 0 Å². The summed E-state index contributed by atoms with van der Waals surface area (Å²) in [4.78, 5) is 0. The molecule has 4 heteroatoms. The van der Waals surface area contributed by atoms with E-state index in [1.165, 1.54) is 0 Å². The summed E-state index contributed by atoms with van der Waals surface area (Å²) in [5.41, 5.74) is 1.08. The van der Waals surface area contributed by atoms with Crippen LogP contribution in [-0.2, 0) is 11.4 Å². The van der Waals surface area contributed by atoms with Gasteiger partial charge >= 0.3 is 0 Å². The second-order valence-corrected chi connectivity index (χ2v) is 8.20. The minimum Gasteiger partial charge on any atom is -0.598 e. The molecule has 0 heterocycles. The second kappa shape index (κ2) is 7.18. The van der Waals surface area contributed by atoms with Gasteiger partial charge in [-0.15, -0.1) is 4.72 Å². The maximum atomic E-state index is 12.1. The first kappa shape index (κ1) is 16.9. The highest BCUT2D eigenvalue weighted by molar-refractivity contribution is 7.90. The molecule has 2 rings (SSSR count). The highest BCUT2D eigenvalue weighted by Crippen LogP contribution is 2.24. The summed E-state index contributed by atoms with van der Waals surface area (Å²) in [6, 6.07) is 17.6. The molecule has 0 bridgehead atoms. The van der Waals surface area contributed by atoms with Gasteiger partial charge < -0.3 is 9.29 Å². The van der Waals surface area contributed by atoms with Crippen molar-refractivity contribution in [1.82, 2.24) is 4.72 Å². The molecule has 1 N–H and O–H groups in total. The SMILES string of the molecule is CC(N[S@@+]([O-])C(C)(C)C)c1ccc(Oc2ccccc2)cc1. The summed E-state index contributed by atoms with van der Waals surface area (Å²) in [7, 11) is 0. The normalized spacial score (nSPS) is 14.4. The van der Waals surface area contributed by atoms with Crippen LogP contribution in [0, 0.1) is 0 Å². The summed E-state index contributed by atoms with van der Waals surface area (Å²) < 4.78 is 20.8. The van der Waals surface area contributed by atoms with Gasteiger partial charge in [-0.1, -0.05) is 30.3 Å². The van der Waals surface area contributed by atoms with E-state index in [1.807, 2.05) is 82.3 Å². The maximum absolute atomic E-state index is 12.1. The van der Waals surface area contributed by atoms with Crippen LogP contribution in [0.2, 0.25) is 0 Å². The Kier molecular flexibility index (Phi) is 5.51. The first-order valence-corrected chi connectivity index (χ1v) is 8.52. The van der Waals surface area contributed by atoms with Crippen LogP contribution in [0.15, 0.2) is 54.6 Å². The Bertz CT molecular complexity index is 578. The minimum absolute atomic E-state index is 0.0193. The molecule has 0 saturated carbocycles. The van der Waals surface area contributed by atoms with E-state index in [9.17, 15) is 4.55 Å². The Morgan fingerprint density at radius 1 is 0.955 bits per heavy atom. The van der Waals surface area contributed by atoms with Gasteiger partial charge in [-0.25, -0.2) is 0 Å². The van der Waals surface area contributed by atoms with E-state index in [-0.39, 0.29) is 10.8 Å². The zero-order chi connectivity index (χ0) is 16.2. The van der Waals surface area contributed by atoms with Crippen molar-refractivity contribution in [3.8, 4) is 11.5 Å². The molecule has 0 aromatic heterocycles. The van der Waals surface area contributed by atoms with Crippen molar-refractivity contribution in [2.75, 3.05) is 0 Å². The number of ether oxygens (including phenoxy) is 1. The molecule has 3 nitrogen and oxygen atoms in total. The van der Waals surface area contributed by atoms with Gasteiger partial charge in [-0.3, -0.25) is 0 Å². The standard InChI is InChI=1S/C18H23NO2S/c1-14(19-22(20)18(2,3)4)15-10-12-17(13-11-15)21-16-8-6-5-7-9-16/h5-14,19H,1-4H3/t14?,22-/m0/s1. The first-order valence-electron chi connectivity index (χ1n) is 7.37. The number of benzene rings is 2. The van der Waals surface area contributed by atoms with Gasteiger partial charge in [0, 0.05) is 11.4 Å². The number of hydrogen-bond donors (Lipinski definition) is 1. The zero-order valence-electron chi connectivity index (χ0n) is 13.5. The zero-order valence-corrected chi connectivity index (χ0v) is 14.3. The topological polar surface area (TPSA) is 44.3 Å². The molecule has 0 aliphatic heterocycles. The van der Waals surface area contributed by atoms with Crippen LogP contribution in [-0.4, -0.2) is 9.30 Å². The summed E-state index contributed by atoms with van der Waals surface area (Å²) >= 11 is -1.09. The van der Waals surface area contributed by atoms with Crippen molar-refractivity contribution in [2.45, 2.75) is 38.5 Å². The molecule has 2 atom stereocenters. The predicted molar refractivity (Wildman–Crippen MR) is 92.4 cm³/mol. The lowest BCUT2D eigenvalue weighted by atomic mass is 10.1. The highest BCUT2D eigenvalue weighted by Gasteiger charge is 2.28. The molecule has 22 heavy (non-hydrogen) atoms. The molecule has 0 radical (unpaired) electrons. The van der Waals surface area contributed by atoms with Crippen LogP contribution < -0.4 is 9.46 Å². The Morgan fingerprint density at radius 2 is 1.50 bits per heavy atom. The first-order chi connectivity index (χ1) is 10.4. The molecule has 1 unspecified atom stereocenters. The maximum Gasteiger partial charge on any atom is 0.136 e. The molecule has 0 amide bonds. The largest absolute Gasteiger partial charge is 0.598 e. The lowest BCUT2D eigenvalue weighted by Crippen LogP contribution is -2.40. The third-order valence-electron chi connectivity index (χ3n) is 3.20. The van der Waals surface area contributed by atoms with Gasteiger partial charge in [0.2, 0.25) is 0 Å². The molecular weight excluding hydrogens is 294 g/mol. The molecule has 118 valence electrons. The fourth-order valence-corrected chi connectivity index (χ4v) is 2.67. The van der Waals surface area contributed by atoms with E-state index in [2.05, 4.69) is 4.72 Å². The third-order valence-corrected chi connectivity index (χ3v) is 4.88. The summed E-state index contributed by atoms with van der Waals surface area (Å²) in [5.74, 6) is 1.61. The van der Waals surface area contributed by atoms with Gasteiger partial charge in [0.05, 0.1) is 6.04 Å². The number of hydrogen-bond acceptors (Lipinski definition) is 3. The smallest absolute Gasteiger partial charge is 0.136 e. The van der Waals surface area contributed by atoms with Crippen LogP contribution in [0.25, 0.3) is 0 Å².